The van der Waals surface area contributed by atoms with Gasteiger partial charge < -0.3 is 0 Å². The van der Waals surface area contributed by atoms with Crippen LogP contribution in [0.3, 0.4) is 0 Å². The number of hydrogen-bond donors (Lipinski definition) is 0. The molecule has 2 heterocycles. The molecule has 0 spiro atoms. The Kier molecular flexibility index (Phi) is 61.2. The monoisotopic (exact) mass is 527 g/mol. The standard InChI is InChI=1S/C6H6.C5H12.2C4H10.C3H3NS.C2H2N2S.3C2H6/c1-2-4-6-5-3-1;1-5(2,3)4;2*1-4(2)3;1-2-5-3-4-1;1-3-4-2-5-1;3*1-2/h1-6H;1-4H3;2*4H,1-3H3;1-3H;1-2H;3*1-2H3. The molecule has 2 aromatic heterocycles. The van der Waals surface area contributed by atoms with E-state index in [2.05, 4.69) is 84.4 Å². The van der Waals surface area contributed by atoms with Crippen LogP contribution in [-0.4, -0.2) is 15.2 Å². The van der Waals surface area contributed by atoms with Crippen molar-refractivity contribution in [1.82, 2.24) is 15.2 Å². The minimum absolute atomic E-state index is 0.500. The van der Waals surface area contributed by atoms with E-state index in [1.54, 1.807) is 34.1 Å². The lowest BCUT2D eigenvalue weighted by atomic mass is 10.0. The van der Waals surface area contributed by atoms with Gasteiger partial charge in [-0.25, -0.2) is 0 Å². The summed E-state index contributed by atoms with van der Waals surface area (Å²) < 4.78 is 0. The second-order valence-electron chi connectivity index (χ2n) is 8.87. The number of aromatic nitrogens is 3. The number of hydrogen-bond acceptors (Lipinski definition) is 5. The molecule has 0 amide bonds. The van der Waals surface area contributed by atoms with Crippen LogP contribution in [0.4, 0.5) is 0 Å². The van der Waals surface area contributed by atoms with Gasteiger partial charge in [0, 0.05) is 11.6 Å². The van der Waals surface area contributed by atoms with Crippen molar-refractivity contribution in [1.29, 1.82) is 0 Å². The van der Waals surface area contributed by atoms with Gasteiger partial charge in [0.2, 0.25) is 0 Å². The van der Waals surface area contributed by atoms with E-state index in [1.165, 1.54) is 11.3 Å². The molecule has 3 nitrogen and oxygen atoms in total. The van der Waals surface area contributed by atoms with E-state index in [0.29, 0.717) is 5.41 Å². The molecule has 35 heavy (non-hydrogen) atoms. The van der Waals surface area contributed by atoms with E-state index in [1.807, 2.05) is 83.3 Å². The maximum absolute atomic E-state index is 3.74. The van der Waals surface area contributed by atoms with Gasteiger partial charge in [0.1, 0.15) is 11.0 Å². The third-order valence-electron chi connectivity index (χ3n) is 1.30. The van der Waals surface area contributed by atoms with Crippen molar-refractivity contribution in [3.63, 3.8) is 0 Å². The molecule has 1 aromatic carbocycles. The van der Waals surface area contributed by atoms with E-state index in [0.717, 1.165) is 11.8 Å². The van der Waals surface area contributed by atoms with E-state index in [4.69, 9.17) is 0 Å². The molecule has 0 bridgehead atoms. The summed E-state index contributed by atoms with van der Waals surface area (Å²) in [6.07, 6.45) is 1.77. The van der Waals surface area contributed by atoms with Gasteiger partial charge in [-0.3, -0.25) is 4.98 Å². The zero-order chi connectivity index (χ0) is 29.0. The lowest BCUT2D eigenvalue weighted by molar-refractivity contribution is 0.469. The Morgan fingerprint density at radius 3 is 0.857 bits per heavy atom. The summed E-state index contributed by atoms with van der Waals surface area (Å²) in [4.78, 5) is 3.74. The molecular weight excluding hydrogens is 466 g/mol. The van der Waals surface area contributed by atoms with Crippen molar-refractivity contribution < 1.29 is 0 Å². The largest absolute Gasteiger partial charge is 0.253 e. The summed E-state index contributed by atoms with van der Waals surface area (Å²) in [5.41, 5.74) is 5.65. The lowest BCUT2D eigenvalue weighted by Gasteiger charge is -2.05. The minimum Gasteiger partial charge on any atom is -0.253 e. The molecule has 0 fully saturated rings. The first kappa shape index (κ1) is 46.7. The topological polar surface area (TPSA) is 38.7 Å². The van der Waals surface area contributed by atoms with Crippen LogP contribution in [0, 0.1) is 17.3 Å². The molecule has 5 heteroatoms. The average molecular weight is 528 g/mol. The van der Waals surface area contributed by atoms with Crippen molar-refractivity contribution in [2.75, 3.05) is 0 Å². The second-order valence-corrected chi connectivity index (χ2v) is 10.3. The van der Waals surface area contributed by atoms with Gasteiger partial charge in [-0.05, 0) is 17.3 Å². The Labute approximate surface area is 229 Å². The Balaban J connectivity index is -0.0000000695. The molecule has 0 saturated carbocycles. The van der Waals surface area contributed by atoms with Crippen molar-refractivity contribution in [3.8, 4) is 0 Å². The average Bonchev–Trinajstić information content (AvgIpc) is 3.56. The molecule has 0 atom stereocenters. The van der Waals surface area contributed by atoms with Gasteiger partial charge in [0.05, 0.1) is 5.51 Å². The predicted octanol–water partition coefficient (Wildman–Crippen LogP) is 11.8. The highest BCUT2D eigenvalue weighted by Crippen LogP contribution is 2.08. The van der Waals surface area contributed by atoms with Crippen molar-refractivity contribution in [3.05, 3.63) is 64.5 Å². The van der Waals surface area contributed by atoms with Gasteiger partial charge in [-0.15, -0.1) is 32.9 Å². The lowest BCUT2D eigenvalue weighted by Crippen LogP contribution is -1.93. The number of benzene rings is 1. The molecule has 0 radical (unpaired) electrons. The summed E-state index contributed by atoms with van der Waals surface area (Å²) in [7, 11) is 0. The molecule has 0 saturated heterocycles. The third-order valence-corrected chi connectivity index (χ3v) is 2.25. The van der Waals surface area contributed by atoms with E-state index >= 15 is 0 Å². The Bertz CT molecular complexity index is 455. The maximum atomic E-state index is 3.74. The van der Waals surface area contributed by atoms with Crippen LogP contribution in [0.1, 0.15) is 111 Å². The SMILES string of the molecule is CC.CC.CC.CC(C)(C)C.CC(C)C.CC(C)C.c1ccccc1.c1cscn1.c1nncs1. The predicted molar refractivity (Wildman–Crippen MR) is 169 cm³/mol. The minimum atomic E-state index is 0.500. The zero-order valence-electron chi connectivity index (χ0n) is 26.2. The van der Waals surface area contributed by atoms with Crippen LogP contribution in [-0.2, 0) is 0 Å². The summed E-state index contributed by atoms with van der Waals surface area (Å²) in [6.45, 7) is 33.8. The van der Waals surface area contributed by atoms with Crippen molar-refractivity contribution in [2.24, 2.45) is 17.3 Å². The molecule has 0 unspecified atom stereocenters. The highest BCUT2D eigenvalue weighted by Gasteiger charge is 1.95. The molecular formula is C30H61N3S2. The normalized spacial score (nSPS) is 7.94. The molecule has 3 aromatic rings. The molecule has 0 N–H and O–H groups in total. The highest BCUT2D eigenvalue weighted by atomic mass is 32.1. The van der Waals surface area contributed by atoms with Gasteiger partial charge >= 0.3 is 0 Å². The van der Waals surface area contributed by atoms with Gasteiger partial charge in [-0.1, -0.05) is 147 Å². The van der Waals surface area contributed by atoms with Crippen LogP contribution in [0.25, 0.3) is 0 Å². The van der Waals surface area contributed by atoms with Gasteiger partial charge in [-0.2, -0.15) is 0 Å². The van der Waals surface area contributed by atoms with Crippen LogP contribution in [0.2, 0.25) is 0 Å². The van der Waals surface area contributed by atoms with E-state index in [-0.39, 0.29) is 0 Å². The van der Waals surface area contributed by atoms with Crippen LogP contribution in [0.5, 0.6) is 0 Å². The zero-order valence-corrected chi connectivity index (χ0v) is 27.8. The van der Waals surface area contributed by atoms with Gasteiger partial charge in [0.25, 0.3) is 0 Å². The molecule has 208 valence electrons. The van der Waals surface area contributed by atoms with Crippen LogP contribution >= 0.6 is 22.7 Å². The Morgan fingerprint density at radius 1 is 0.514 bits per heavy atom. The molecule has 0 aliphatic rings. The first-order valence-corrected chi connectivity index (χ1v) is 14.9. The summed E-state index contributed by atoms with van der Waals surface area (Å²) >= 11 is 3.09. The number of rotatable bonds is 0. The maximum Gasteiger partial charge on any atom is 0.103 e. The smallest absolute Gasteiger partial charge is 0.103 e. The summed E-state index contributed by atoms with van der Waals surface area (Å²) in [5, 5.41) is 8.91. The Morgan fingerprint density at radius 2 is 0.771 bits per heavy atom. The first-order chi connectivity index (χ1) is 16.5. The third kappa shape index (κ3) is 144. The second kappa shape index (κ2) is 45.8. The van der Waals surface area contributed by atoms with Crippen molar-refractivity contribution >= 4 is 22.7 Å². The fourth-order valence-electron chi connectivity index (χ4n) is 0.697. The van der Waals surface area contributed by atoms with E-state index < -0.39 is 0 Å². The fourth-order valence-corrected chi connectivity index (χ4v) is 1.32. The molecule has 0 aliphatic heterocycles. The van der Waals surface area contributed by atoms with Crippen LogP contribution in [0.15, 0.2) is 64.5 Å². The van der Waals surface area contributed by atoms with Crippen LogP contribution < -0.4 is 0 Å². The quantitative estimate of drug-likeness (QED) is 0.292. The summed E-state index contributed by atoms with van der Waals surface area (Å²) in [5.74, 6) is 1.67. The fraction of sp³-hybridized carbons (Fsp3) is 0.633. The summed E-state index contributed by atoms with van der Waals surface area (Å²) in [6, 6.07) is 12.0. The molecule has 3 rings (SSSR count). The first-order valence-electron chi connectivity index (χ1n) is 13.0. The highest BCUT2D eigenvalue weighted by molar-refractivity contribution is 7.07. The number of thiazole rings is 1. The Hall–Kier alpha value is -1.59. The number of nitrogens with zero attached hydrogens (tertiary/aromatic N) is 3. The molecule has 0 aliphatic carbocycles. The van der Waals surface area contributed by atoms with Gasteiger partial charge in [0.15, 0.2) is 0 Å². The van der Waals surface area contributed by atoms with Crippen molar-refractivity contribution in [2.45, 2.75) is 111 Å². The van der Waals surface area contributed by atoms with E-state index in [9.17, 15) is 0 Å².